The lowest BCUT2D eigenvalue weighted by Gasteiger charge is -2.22. The van der Waals surface area contributed by atoms with Crippen molar-refractivity contribution >= 4 is 28.7 Å². The summed E-state index contributed by atoms with van der Waals surface area (Å²) in [6.07, 6.45) is 0. The van der Waals surface area contributed by atoms with Crippen molar-refractivity contribution in [2.45, 2.75) is 20.8 Å². The average Bonchev–Trinajstić information content (AvgIpc) is 2.23. The molecule has 0 aliphatic rings. The van der Waals surface area contributed by atoms with Gasteiger partial charge in [0.25, 0.3) is 0 Å². The van der Waals surface area contributed by atoms with Gasteiger partial charge in [-0.1, -0.05) is 0 Å². The Morgan fingerprint density at radius 3 is 2.44 bits per heavy atom. The molecule has 0 spiro atoms. The van der Waals surface area contributed by atoms with Crippen LogP contribution in [0.5, 0.6) is 0 Å². The third-order valence-corrected chi connectivity index (χ3v) is 2.70. The van der Waals surface area contributed by atoms with Crippen molar-refractivity contribution in [3.63, 3.8) is 0 Å². The molecule has 3 N–H and O–H groups in total. The lowest BCUT2D eigenvalue weighted by Crippen LogP contribution is -2.22. The minimum atomic E-state index is 0.304. The van der Waals surface area contributed by atoms with E-state index >= 15 is 0 Å². The number of benzene rings is 1. The fourth-order valence-electron chi connectivity index (χ4n) is 1.71. The SMILES string of the molecule is CCN(CC)c1ccc(NC(N)=S)c(C)c1. The number of aryl methyl sites for hydroxylation is 1. The second-order valence-electron chi connectivity index (χ2n) is 3.66. The topological polar surface area (TPSA) is 41.3 Å². The van der Waals surface area contributed by atoms with Gasteiger partial charge in [-0.3, -0.25) is 0 Å². The van der Waals surface area contributed by atoms with E-state index < -0.39 is 0 Å². The molecule has 0 atom stereocenters. The Morgan fingerprint density at radius 1 is 1.38 bits per heavy atom. The first-order chi connectivity index (χ1) is 7.58. The van der Waals surface area contributed by atoms with Crippen molar-refractivity contribution in [1.82, 2.24) is 0 Å². The van der Waals surface area contributed by atoms with Gasteiger partial charge in [0.1, 0.15) is 0 Å². The van der Waals surface area contributed by atoms with E-state index in [1.807, 2.05) is 13.0 Å². The fourth-order valence-corrected chi connectivity index (χ4v) is 1.82. The average molecular weight is 237 g/mol. The monoisotopic (exact) mass is 237 g/mol. The van der Waals surface area contributed by atoms with Crippen LogP contribution in [0.2, 0.25) is 0 Å². The summed E-state index contributed by atoms with van der Waals surface area (Å²) in [4.78, 5) is 2.30. The van der Waals surface area contributed by atoms with E-state index in [1.165, 1.54) is 5.69 Å². The summed E-state index contributed by atoms with van der Waals surface area (Å²) in [5.41, 5.74) is 8.81. The number of hydrogen-bond donors (Lipinski definition) is 2. The summed E-state index contributed by atoms with van der Waals surface area (Å²) in [7, 11) is 0. The molecule has 0 radical (unpaired) electrons. The quantitative estimate of drug-likeness (QED) is 0.790. The van der Waals surface area contributed by atoms with Crippen LogP contribution in [-0.4, -0.2) is 18.2 Å². The minimum absolute atomic E-state index is 0.304. The molecule has 1 rings (SSSR count). The Balaban J connectivity index is 2.93. The third kappa shape index (κ3) is 3.10. The lowest BCUT2D eigenvalue weighted by atomic mass is 10.1. The van der Waals surface area contributed by atoms with E-state index in [9.17, 15) is 0 Å². The third-order valence-electron chi connectivity index (χ3n) is 2.60. The highest BCUT2D eigenvalue weighted by Crippen LogP contribution is 2.22. The number of rotatable bonds is 4. The van der Waals surface area contributed by atoms with Crippen molar-refractivity contribution in [2.75, 3.05) is 23.3 Å². The van der Waals surface area contributed by atoms with Crippen LogP contribution in [0.1, 0.15) is 19.4 Å². The Morgan fingerprint density at radius 2 is 2.00 bits per heavy atom. The molecule has 16 heavy (non-hydrogen) atoms. The summed E-state index contributed by atoms with van der Waals surface area (Å²) in [6.45, 7) is 8.38. The van der Waals surface area contributed by atoms with E-state index in [1.54, 1.807) is 0 Å². The van der Waals surface area contributed by atoms with Crippen molar-refractivity contribution in [3.05, 3.63) is 23.8 Å². The molecular weight excluding hydrogens is 218 g/mol. The van der Waals surface area contributed by atoms with Gasteiger partial charge in [-0.25, -0.2) is 0 Å². The summed E-state index contributed by atoms with van der Waals surface area (Å²) in [5, 5.41) is 3.27. The molecule has 3 nitrogen and oxygen atoms in total. The maximum Gasteiger partial charge on any atom is 0.168 e. The molecular formula is C12H19N3S. The summed E-state index contributed by atoms with van der Waals surface area (Å²) < 4.78 is 0. The molecule has 0 unspecified atom stereocenters. The van der Waals surface area contributed by atoms with Crippen molar-refractivity contribution in [2.24, 2.45) is 5.73 Å². The van der Waals surface area contributed by atoms with E-state index in [0.717, 1.165) is 24.3 Å². The standard InChI is InChI=1S/C12H19N3S/c1-4-15(5-2)10-6-7-11(9(3)8-10)14-12(13)16/h6-8H,4-5H2,1-3H3,(H3,13,14,16). The smallest absolute Gasteiger partial charge is 0.168 e. The number of nitrogens with two attached hydrogens (primary N) is 1. The number of nitrogens with one attached hydrogen (secondary N) is 1. The molecule has 0 heterocycles. The van der Waals surface area contributed by atoms with E-state index in [-0.39, 0.29) is 0 Å². The van der Waals surface area contributed by atoms with Crippen molar-refractivity contribution in [3.8, 4) is 0 Å². The minimum Gasteiger partial charge on any atom is -0.376 e. The number of nitrogens with zero attached hydrogens (tertiary/aromatic N) is 1. The van der Waals surface area contributed by atoms with E-state index in [2.05, 4.69) is 36.2 Å². The second-order valence-corrected chi connectivity index (χ2v) is 4.10. The molecule has 0 amide bonds. The zero-order valence-electron chi connectivity index (χ0n) is 10.1. The Hall–Kier alpha value is -1.29. The van der Waals surface area contributed by atoms with Gasteiger partial charge in [-0.2, -0.15) is 0 Å². The Kier molecular flexibility index (Phi) is 4.55. The van der Waals surface area contributed by atoms with Gasteiger partial charge in [-0.15, -0.1) is 0 Å². The van der Waals surface area contributed by atoms with Gasteiger partial charge in [0.05, 0.1) is 0 Å². The predicted molar refractivity (Wildman–Crippen MR) is 75.1 cm³/mol. The van der Waals surface area contributed by atoms with E-state index in [4.69, 9.17) is 18.0 Å². The normalized spacial score (nSPS) is 9.94. The maximum absolute atomic E-state index is 5.45. The van der Waals surface area contributed by atoms with Gasteiger partial charge >= 0.3 is 0 Å². The predicted octanol–water partition coefficient (Wildman–Crippen LogP) is 2.50. The fraction of sp³-hybridized carbons (Fsp3) is 0.417. The second kappa shape index (κ2) is 5.70. The highest BCUT2D eigenvalue weighted by molar-refractivity contribution is 7.80. The van der Waals surface area contributed by atoms with Crippen molar-refractivity contribution in [1.29, 1.82) is 0 Å². The molecule has 0 saturated carbocycles. The molecule has 0 aliphatic carbocycles. The van der Waals surface area contributed by atoms with Gasteiger partial charge in [-0.05, 0) is 56.8 Å². The molecule has 0 bridgehead atoms. The largest absolute Gasteiger partial charge is 0.376 e. The molecule has 0 aromatic heterocycles. The number of anilines is 2. The van der Waals surface area contributed by atoms with Gasteiger partial charge in [0, 0.05) is 24.5 Å². The highest BCUT2D eigenvalue weighted by atomic mass is 32.1. The van der Waals surface area contributed by atoms with Gasteiger partial charge in [0.2, 0.25) is 0 Å². The molecule has 0 aliphatic heterocycles. The van der Waals surface area contributed by atoms with Crippen molar-refractivity contribution < 1.29 is 0 Å². The summed E-state index contributed by atoms with van der Waals surface area (Å²) >= 11 is 4.82. The Labute approximate surface area is 103 Å². The van der Waals surface area contributed by atoms with Crippen LogP contribution in [0.3, 0.4) is 0 Å². The van der Waals surface area contributed by atoms with Crippen LogP contribution in [-0.2, 0) is 0 Å². The van der Waals surface area contributed by atoms with E-state index in [0.29, 0.717) is 5.11 Å². The summed E-state index contributed by atoms with van der Waals surface area (Å²) in [6, 6.07) is 6.25. The Bertz CT molecular complexity index is 373. The molecule has 0 fully saturated rings. The lowest BCUT2D eigenvalue weighted by molar-refractivity contribution is 0.866. The zero-order valence-corrected chi connectivity index (χ0v) is 10.9. The van der Waals surface area contributed by atoms with Crippen LogP contribution < -0.4 is 16.0 Å². The number of thiocarbonyl (C=S) groups is 1. The summed E-state index contributed by atoms with van der Waals surface area (Å²) in [5.74, 6) is 0. The van der Waals surface area contributed by atoms with Crippen LogP contribution in [0, 0.1) is 6.92 Å². The van der Waals surface area contributed by atoms with Gasteiger partial charge in [0.15, 0.2) is 5.11 Å². The maximum atomic E-state index is 5.45. The first-order valence-corrected chi connectivity index (χ1v) is 5.91. The van der Waals surface area contributed by atoms with Crippen LogP contribution >= 0.6 is 12.2 Å². The molecule has 0 saturated heterocycles. The van der Waals surface area contributed by atoms with Crippen LogP contribution in [0.4, 0.5) is 11.4 Å². The number of hydrogen-bond acceptors (Lipinski definition) is 2. The first kappa shape index (κ1) is 12.8. The molecule has 1 aromatic rings. The first-order valence-electron chi connectivity index (χ1n) is 5.50. The van der Waals surface area contributed by atoms with Crippen LogP contribution in [0.25, 0.3) is 0 Å². The molecule has 88 valence electrons. The molecule has 4 heteroatoms. The molecule has 1 aromatic carbocycles. The highest BCUT2D eigenvalue weighted by Gasteiger charge is 2.04. The zero-order chi connectivity index (χ0) is 12.1. The van der Waals surface area contributed by atoms with Gasteiger partial charge < -0.3 is 16.0 Å². The van der Waals surface area contributed by atoms with Crippen LogP contribution in [0.15, 0.2) is 18.2 Å².